The van der Waals surface area contributed by atoms with E-state index in [2.05, 4.69) is 49.1 Å². The largest absolute Gasteiger partial charge is 0.311 e. The third-order valence-electron chi connectivity index (χ3n) is 3.60. The molecule has 1 aromatic heterocycles. The average molecular weight is 267 g/mol. The fourth-order valence-electron chi connectivity index (χ4n) is 2.62. The van der Waals surface area contributed by atoms with Crippen molar-refractivity contribution in [2.45, 2.75) is 50.8 Å². The first-order chi connectivity index (χ1) is 8.50. The van der Waals surface area contributed by atoms with E-state index in [-0.39, 0.29) is 0 Å². The van der Waals surface area contributed by atoms with E-state index in [0.717, 1.165) is 13.1 Å². The molecule has 0 radical (unpaired) electrons. The summed E-state index contributed by atoms with van der Waals surface area (Å²) in [4.78, 5) is 0. The first kappa shape index (κ1) is 13.9. The summed E-state index contributed by atoms with van der Waals surface area (Å²) in [7, 11) is 2.00. The monoisotopic (exact) mass is 267 g/mol. The molecule has 1 unspecified atom stereocenters. The molecule has 18 heavy (non-hydrogen) atoms. The molecule has 0 aromatic carbocycles. The van der Waals surface area contributed by atoms with Gasteiger partial charge >= 0.3 is 0 Å². The van der Waals surface area contributed by atoms with Crippen molar-refractivity contribution < 1.29 is 0 Å². The third kappa shape index (κ3) is 3.29. The zero-order chi connectivity index (χ0) is 13.2. The van der Waals surface area contributed by atoms with Crippen molar-refractivity contribution in [3.8, 4) is 0 Å². The molecule has 2 heterocycles. The van der Waals surface area contributed by atoms with Crippen LogP contribution in [0.5, 0.6) is 0 Å². The van der Waals surface area contributed by atoms with Crippen LogP contribution in [0.2, 0.25) is 0 Å². The molecule has 1 atom stereocenters. The summed E-state index contributed by atoms with van der Waals surface area (Å²) in [5.41, 5.74) is 2.58. The summed E-state index contributed by atoms with van der Waals surface area (Å²) in [6, 6.07) is 0. The number of hydrogen-bond donors (Lipinski definition) is 1. The van der Waals surface area contributed by atoms with Crippen LogP contribution in [0.25, 0.3) is 0 Å². The van der Waals surface area contributed by atoms with Crippen molar-refractivity contribution in [3.05, 3.63) is 17.5 Å². The molecule has 4 heteroatoms. The second-order valence-electron chi connectivity index (χ2n) is 5.87. The van der Waals surface area contributed by atoms with Crippen molar-refractivity contribution in [1.82, 2.24) is 15.1 Å². The fourth-order valence-corrected chi connectivity index (χ4v) is 3.89. The summed E-state index contributed by atoms with van der Waals surface area (Å²) >= 11 is 2.11. The maximum Gasteiger partial charge on any atom is 0.0694 e. The van der Waals surface area contributed by atoms with Crippen LogP contribution in [-0.4, -0.2) is 26.8 Å². The molecule has 1 aromatic rings. The summed E-state index contributed by atoms with van der Waals surface area (Å²) in [5, 5.41) is 8.17. The van der Waals surface area contributed by atoms with E-state index in [1.165, 1.54) is 29.9 Å². The van der Waals surface area contributed by atoms with Gasteiger partial charge < -0.3 is 5.32 Å². The smallest absolute Gasteiger partial charge is 0.0694 e. The van der Waals surface area contributed by atoms with E-state index < -0.39 is 0 Å². The van der Waals surface area contributed by atoms with Gasteiger partial charge in [0.05, 0.1) is 5.69 Å². The first-order valence-electron chi connectivity index (χ1n) is 6.87. The molecule has 0 saturated carbocycles. The number of aryl methyl sites for hydroxylation is 1. The zero-order valence-corrected chi connectivity index (χ0v) is 12.8. The van der Waals surface area contributed by atoms with Crippen LogP contribution in [0.3, 0.4) is 0 Å². The van der Waals surface area contributed by atoms with Gasteiger partial charge in [-0.25, -0.2) is 0 Å². The number of rotatable bonds is 5. The molecule has 2 rings (SSSR count). The Balaban J connectivity index is 1.90. The molecule has 1 aliphatic rings. The van der Waals surface area contributed by atoms with E-state index in [1.807, 2.05) is 11.7 Å². The Morgan fingerprint density at radius 1 is 1.56 bits per heavy atom. The first-order valence-corrected chi connectivity index (χ1v) is 7.86. The van der Waals surface area contributed by atoms with E-state index in [9.17, 15) is 0 Å². The van der Waals surface area contributed by atoms with Crippen molar-refractivity contribution in [1.29, 1.82) is 0 Å². The third-order valence-corrected chi connectivity index (χ3v) is 5.14. The lowest BCUT2D eigenvalue weighted by Crippen LogP contribution is -2.32. The number of thioether (sulfide) groups is 1. The van der Waals surface area contributed by atoms with Gasteiger partial charge in [-0.15, -0.1) is 0 Å². The zero-order valence-electron chi connectivity index (χ0n) is 12.0. The Morgan fingerprint density at radius 3 is 2.94 bits per heavy atom. The molecule has 3 nitrogen and oxygen atoms in total. The van der Waals surface area contributed by atoms with Gasteiger partial charge in [-0.2, -0.15) is 16.9 Å². The standard InChI is InChI=1S/C14H25N3S/c1-11(2)13-12(9-17(4)16-13)8-15-10-14(3)6-5-7-18-14/h9,11,15H,5-8,10H2,1-4H3. The summed E-state index contributed by atoms with van der Waals surface area (Å²) in [6.07, 6.45) is 4.86. The molecule has 1 aliphatic heterocycles. The van der Waals surface area contributed by atoms with Gasteiger partial charge in [0.25, 0.3) is 0 Å². The van der Waals surface area contributed by atoms with Crippen LogP contribution in [-0.2, 0) is 13.6 Å². The van der Waals surface area contributed by atoms with Crippen LogP contribution in [0.15, 0.2) is 6.20 Å². The molecule has 1 fully saturated rings. The van der Waals surface area contributed by atoms with Crippen LogP contribution in [0.1, 0.15) is 50.8 Å². The van der Waals surface area contributed by atoms with Crippen molar-refractivity contribution >= 4 is 11.8 Å². The van der Waals surface area contributed by atoms with Gasteiger partial charge in [0.1, 0.15) is 0 Å². The number of nitrogens with one attached hydrogen (secondary N) is 1. The van der Waals surface area contributed by atoms with Gasteiger partial charge in [0.15, 0.2) is 0 Å². The van der Waals surface area contributed by atoms with Crippen LogP contribution in [0.4, 0.5) is 0 Å². The van der Waals surface area contributed by atoms with Gasteiger partial charge in [-0.3, -0.25) is 4.68 Å². The molecule has 0 bridgehead atoms. The van der Waals surface area contributed by atoms with Gasteiger partial charge in [0, 0.05) is 36.6 Å². The summed E-state index contributed by atoms with van der Waals surface area (Å²) in [6.45, 7) is 8.84. The highest BCUT2D eigenvalue weighted by atomic mass is 32.2. The minimum absolute atomic E-state index is 0.445. The normalized spacial score (nSPS) is 24.1. The molecule has 0 spiro atoms. The van der Waals surface area contributed by atoms with Crippen molar-refractivity contribution in [2.24, 2.45) is 7.05 Å². The lowest BCUT2D eigenvalue weighted by molar-refractivity contribution is 0.535. The Labute approximate surface area is 115 Å². The van der Waals surface area contributed by atoms with Gasteiger partial charge in [0.2, 0.25) is 0 Å². The lowest BCUT2D eigenvalue weighted by Gasteiger charge is -2.23. The number of aromatic nitrogens is 2. The van der Waals surface area contributed by atoms with E-state index in [0.29, 0.717) is 10.7 Å². The van der Waals surface area contributed by atoms with Crippen LogP contribution >= 0.6 is 11.8 Å². The van der Waals surface area contributed by atoms with E-state index >= 15 is 0 Å². The maximum absolute atomic E-state index is 4.55. The molecule has 102 valence electrons. The quantitative estimate of drug-likeness (QED) is 0.889. The second kappa shape index (κ2) is 5.66. The van der Waals surface area contributed by atoms with Gasteiger partial charge in [-0.1, -0.05) is 13.8 Å². The molecular formula is C14H25N3S. The highest BCUT2D eigenvalue weighted by Gasteiger charge is 2.28. The fraction of sp³-hybridized carbons (Fsp3) is 0.786. The predicted molar refractivity (Wildman–Crippen MR) is 79.1 cm³/mol. The van der Waals surface area contributed by atoms with Crippen molar-refractivity contribution in [2.75, 3.05) is 12.3 Å². The molecular weight excluding hydrogens is 242 g/mol. The van der Waals surface area contributed by atoms with Crippen LogP contribution < -0.4 is 5.32 Å². The molecule has 0 aliphatic carbocycles. The minimum atomic E-state index is 0.445. The molecule has 1 saturated heterocycles. The van der Waals surface area contributed by atoms with Crippen LogP contribution in [0, 0.1) is 0 Å². The Bertz CT molecular complexity index is 392. The number of nitrogens with zero attached hydrogens (tertiary/aromatic N) is 2. The topological polar surface area (TPSA) is 29.9 Å². The maximum atomic E-state index is 4.55. The Hall–Kier alpha value is -0.480. The lowest BCUT2D eigenvalue weighted by atomic mass is 10.0. The summed E-state index contributed by atoms with van der Waals surface area (Å²) in [5.74, 6) is 1.82. The van der Waals surface area contributed by atoms with Crippen molar-refractivity contribution in [3.63, 3.8) is 0 Å². The minimum Gasteiger partial charge on any atom is -0.311 e. The summed E-state index contributed by atoms with van der Waals surface area (Å²) < 4.78 is 2.37. The number of hydrogen-bond acceptors (Lipinski definition) is 3. The Kier molecular flexibility index (Phi) is 4.38. The van der Waals surface area contributed by atoms with E-state index in [1.54, 1.807) is 0 Å². The average Bonchev–Trinajstić information content (AvgIpc) is 2.86. The molecule has 1 N–H and O–H groups in total. The van der Waals surface area contributed by atoms with Gasteiger partial charge in [-0.05, 0) is 31.4 Å². The van der Waals surface area contributed by atoms with E-state index in [4.69, 9.17) is 0 Å². The predicted octanol–water partition coefficient (Wildman–Crippen LogP) is 2.92. The highest BCUT2D eigenvalue weighted by molar-refractivity contribution is 8.00. The second-order valence-corrected chi connectivity index (χ2v) is 7.56. The SMILES string of the molecule is CC(C)c1nn(C)cc1CNCC1(C)CCCS1. The Morgan fingerprint density at radius 2 is 2.33 bits per heavy atom. The highest BCUT2D eigenvalue weighted by Crippen LogP contribution is 2.37. The molecule has 0 amide bonds.